The van der Waals surface area contributed by atoms with Crippen LogP contribution in [-0.4, -0.2) is 25.1 Å². The Bertz CT molecular complexity index is 59.0. The van der Waals surface area contributed by atoms with Gasteiger partial charge in [0, 0.05) is 11.9 Å². The van der Waals surface area contributed by atoms with Gasteiger partial charge in [0.1, 0.15) is 0 Å². The van der Waals surface area contributed by atoms with E-state index in [2.05, 4.69) is 5.32 Å². The molecule has 0 aromatic heterocycles. The predicted molar refractivity (Wildman–Crippen MR) is 38.8 cm³/mol. The van der Waals surface area contributed by atoms with Gasteiger partial charge in [0.2, 0.25) is 0 Å². The van der Waals surface area contributed by atoms with Crippen molar-refractivity contribution in [3.63, 3.8) is 0 Å². The molecule has 0 aromatic carbocycles. The fourth-order valence-electron chi connectivity index (χ4n) is 0.493. The lowest BCUT2D eigenvalue weighted by molar-refractivity contribution is 0.460. The molecule has 56 valence electrons. The van der Waals surface area contributed by atoms with Gasteiger partial charge < -0.3 is 5.32 Å². The van der Waals surface area contributed by atoms with Gasteiger partial charge in [0.25, 0.3) is 0 Å². The summed E-state index contributed by atoms with van der Waals surface area (Å²) in [5, 5.41) is 3.16. The van der Waals surface area contributed by atoms with E-state index in [0.717, 1.165) is 13.1 Å². The third kappa shape index (κ3) is 8.18. The molecular weight excluding hydrogens is 141 g/mol. The normalized spacial score (nSPS) is 13.7. The van der Waals surface area contributed by atoms with E-state index in [4.69, 9.17) is 11.6 Å². The highest BCUT2D eigenvalue weighted by atomic mass is 35.5. The largest absolute Gasteiger partial charge is 0.315 e. The van der Waals surface area contributed by atoms with Crippen molar-refractivity contribution < 1.29 is 4.39 Å². The van der Waals surface area contributed by atoms with Crippen LogP contribution in [-0.2, 0) is 0 Å². The molecule has 0 aliphatic carbocycles. The molecular formula is C6H13ClFN. The molecule has 0 heterocycles. The molecule has 1 unspecified atom stereocenters. The van der Waals surface area contributed by atoms with Gasteiger partial charge in [0.15, 0.2) is 0 Å². The van der Waals surface area contributed by atoms with Crippen LogP contribution in [0.15, 0.2) is 0 Å². The average molecular weight is 154 g/mol. The first-order chi connectivity index (χ1) is 4.27. The highest BCUT2D eigenvalue weighted by Gasteiger charge is 1.92. The smallest absolute Gasteiger partial charge is 0.0906 e. The summed E-state index contributed by atoms with van der Waals surface area (Å²) in [6.45, 7) is 3.16. The third-order valence-electron chi connectivity index (χ3n) is 0.913. The first-order valence-electron chi connectivity index (χ1n) is 3.18. The Morgan fingerprint density at radius 1 is 1.67 bits per heavy atom. The Balaban J connectivity index is 2.75. The number of rotatable bonds is 5. The molecule has 9 heavy (non-hydrogen) atoms. The average Bonchev–Trinajstić information content (AvgIpc) is 1.80. The molecule has 1 N–H and O–H groups in total. The van der Waals surface area contributed by atoms with Crippen LogP contribution in [0.3, 0.4) is 0 Å². The van der Waals surface area contributed by atoms with Crippen LogP contribution in [0.2, 0.25) is 0 Å². The van der Waals surface area contributed by atoms with Crippen molar-refractivity contribution in [2.75, 3.05) is 19.8 Å². The summed E-state index contributed by atoms with van der Waals surface area (Å²) in [6, 6.07) is 0. The second-order valence-electron chi connectivity index (χ2n) is 2.03. The summed E-state index contributed by atoms with van der Waals surface area (Å²) in [5.74, 6) is 0. The van der Waals surface area contributed by atoms with Crippen LogP contribution in [0.4, 0.5) is 4.39 Å². The second-order valence-corrected chi connectivity index (χ2v) is 2.77. The number of hydrogen-bond donors (Lipinski definition) is 1. The standard InChI is InChI=1S/C6H13ClFN/c1-6(7)5-9-4-2-3-8/h6,9H,2-5H2,1H3. The summed E-state index contributed by atoms with van der Waals surface area (Å²) in [6.07, 6.45) is 0.587. The van der Waals surface area contributed by atoms with Crippen molar-refractivity contribution in [2.45, 2.75) is 18.7 Å². The number of alkyl halides is 2. The molecule has 0 bridgehead atoms. The first-order valence-corrected chi connectivity index (χ1v) is 3.61. The van der Waals surface area contributed by atoms with E-state index < -0.39 is 0 Å². The Morgan fingerprint density at radius 2 is 2.33 bits per heavy atom. The van der Waals surface area contributed by atoms with Gasteiger partial charge in [-0.15, -0.1) is 11.6 Å². The van der Waals surface area contributed by atoms with Gasteiger partial charge in [-0.05, 0) is 19.9 Å². The Morgan fingerprint density at radius 3 is 2.78 bits per heavy atom. The Labute approximate surface area is 60.6 Å². The van der Waals surface area contributed by atoms with E-state index in [1.54, 1.807) is 0 Å². The highest BCUT2D eigenvalue weighted by molar-refractivity contribution is 6.20. The van der Waals surface area contributed by atoms with Crippen LogP contribution < -0.4 is 5.32 Å². The van der Waals surface area contributed by atoms with Crippen LogP contribution in [0.5, 0.6) is 0 Å². The fraction of sp³-hybridized carbons (Fsp3) is 1.00. The second kappa shape index (κ2) is 6.30. The van der Waals surface area contributed by atoms with E-state index in [1.165, 1.54) is 0 Å². The Kier molecular flexibility index (Phi) is 6.43. The molecule has 0 amide bonds. The molecule has 0 spiro atoms. The minimum atomic E-state index is -0.246. The summed E-state index contributed by atoms with van der Waals surface area (Å²) in [5.41, 5.74) is 0. The maximum atomic E-state index is 11.4. The van der Waals surface area contributed by atoms with Crippen LogP contribution >= 0.6 is 11.6 Å². The molecule has 0 fully saturated rings. The summed E-state index contributed by atoms with van der Waals surface area (Å²) in [7, 11) is 0. The van der Waals surface area contributed by atoms with E-state index >= 15 is 0 Å². The van der Waals surface area contributed by atoms with Crippen molar-refractivity contribution in [1.29, 1.82) is 0 Å². The maximum absolute atomic E-state index is 11.4. The molecule has 0 saturated carbocycles. The van der Waals surface area contributed by atoms with Gasteiger partial charge in [-0.25, -0.2) is 0 Å². The lowest BCUT2D eigenvalue weighted by atomic mass is 10.4. The van der Waals surface area contributed by atoms with E-state index in [9.17, 15) is 4.39 Å². The molecule has 0 rings (SSSR count). The van der Waals surface area contributed by atoms with E-state index in [-0.39, 0.29) is 12.1 Å². The van der Waals surface area contributed by atoms with Crippen molar-refractivity contribution in [2.24, 2.45) is 0 Å². The van der Waals surface area contributed by atoms with Crippen molar-refractivity contribution in [3.8, 4) is 0 Å². The lowest BCUT2D eigenvalue weighted by Gasteiger charge is -2.02. The first kappa shape index (κ1) is 9.18. The number of hydrogen-bond acceptors (Lipinski definition) is 1. The van der Waals surface area contributed by atoms with E-state index in [1.807, 2.05) is 6.92 Å². The fourth-order valence-corrected chi connectivity index (χ4v) is 0.602. The monoisotopic (exact) mass is 153 g/mol. The Hall–Kier alpha value is 0.180. The zero-order valence-corrected chi connectivity index (χ0v) is 6.42. The molecule has 1 atom stereocenters. The maximum Gasteiger partial charge on any atom is 0.0906 e. The van der Waals surface area contributed by atoms with Crippen LogP contribution in [0.1, 0.15) is 13.3 Å². The molecule has 0 aliphatic rings. The zero-order valence-electron chi connectivity index (χ0n) is 5.66. The topological polar surface area (TPSA) is 12.0 Å². The predicted octanol–water partition coefficient (Wildman–Crippen LogP) is 1.56. The summed E-state index contributed by atoms with van der Waals surface area (Å²) < 4.78 is 11.4. The van der Waals surface area contributed by atoms with Crippen molar-refractivity contribution in [3.05, 3.63) is 0 Å². The summed E-state index contributed by atoms with van der Waals surface area (Å²) in [4.78, 5) is 0. The minimum Gasteiger partial charge on any atom is -0.315 e. The lowest BCUT2D eigenvalue weighted by Crippen LogP contribution is -2.22. The van der Waals surface area contributed by atoms with Gasteiger partial charge in [-0.3, -0.25) is 4.39 Å². The SMILES string of the molecule is CC(Cl)CNCCCF. The summed E-state index contributed by atoms with van der Waals surface area (Å²) >= 11 is 5.60. The molecule has 0 aliphatic heterocycles. The van der Waals surface area contributed by atoms with Gasteiger partial charge in [-0.2, -0.15) is 0 Å². The third-order valence-corrected chi connectivity index (χ3v) is 1.07. The van der Waals surface area contributed by atoms with Crippen LogP contribution in [0.25, 0.3) is 0 Å². The molecule has 1 nitrogen and oxygen atoms in total. The molecule has 0 aromatic rings. The minimum absolute atomic E-state index is 0.143. The number of halogens is 2. The highest BCUT2D eigenvalue weighted by Crippen LogP contribution is 1.89. The van der Waals surface area contributed by atoms with Crippen LogP contribution in [0, 0.1) is 0 Å². The van der Waals surface area contributed by atoms with Crippen molar-refractivity contribution in [1.82, 2.24) is 5.32 Å². The quantitative estimate of drug-likeness (QED) is 0.467. The zero-order chi connectivity index (χ0) is 7.11. The van der Waals surface area contributed by atoms with Gasteiger partial charge >= 0.3 is 0 Å². The van der Waals surface area contributed by atoms with Gasteiger partial charge in [0.05, 0.1) is 6.67 Å². The molecule has 3 heteroatoms. The van der Waals surface area contributed by atoms with Crippen molar-refractivity contribution >= 4 is 11.6 Å². The van der Waals surface area contributed by atoms with Gasteiger partial charge in [-0.1, -0.05) is 0 Å². The number of nitrogens with one attached hydrogen (secondary N) is 1. The van der Waals surface area contributed by atoms with E-state index in [0.29, 0.717) is 6.42 Å². The molecule has 0 saturated heterocycles. The molecule has 0 radical (unpaired) electrons.